The van der Waals surface area contributed by atoms with Crippen LogP contribution in [-0.4, -0.2) is 42.5 Å². The van der Waals surface area contributed by atoms with Crippen molar-refractivity contribution in [3.63, 3.8) is 0 Å². The molecule has 2 saturated carbocycles. The molecule has 2 aromatic heterocycles. The number of carbonyl (C=O) groups is 3. The molecule has 0 spiro atoms. The number of hydrogen-bond acceptors (Lipinski definition) is 8. The molecule has 2 fully saturated rings. The maximum absolute atomic E-state index is 14.1. The van der Waals surface area contributed by atoms with Gasteiger partial charge in [0.1, 0.15) is 11.4 Å². The molecule has 9 nitrogen and oxygen atoms in total. The number of pyridine rings is 1. The molecular formula is C36H36N4O5S. The summed E-state index contributed by atoms with van der Waals surface area (Å²) < 4.78 is 11.3. The van der Waals surface area contributed by atoms with E-state index in [-0.39, 0.29) is 29.2 Å². The summed E-state index contributed by atoms with van der Waals surface area (Å²) in [6.07, 6.45) is 5.22. The Hall–Kier alpha value is -4.54. The van der Waals surface area contributed by atoms with Gasteiger partial charge in [-0.15, -0.1) is 11.3 Å². The van der Waals surface area contributed by atoms with E-state index in [1.54, 1.807) is 29.5 Å². The minimum absolute atomic E-state index is 0.0500. The summed E-state index contributed by atoms with van der Waals surface area (Å²) in [4.78, 5) is 46.3. The molecule has 2 aliphatic carbocycles. The second-order valence-corrected chi connectivity index (χ2v) is 13.3. The lowest BCUT2D eigenvalue weighted by molar-refractivity contribution is 0.0594. The first-order valence-corrected chi connectivity index (χ1v) is 16.6. The summed E-state index contributed by atoms with van der Waals surface area (Å²) in [5.74, 6) is 0.374. The number of thiophene rings is 1. The zero-order valence-corrected chi connectivity index (χ0v) is 26.7. The molecule has 1 aliphatic heterocycles. The molecule has 2 bridgehead atoms. The fraction of sp³-hybridized carbons (Fsp3) is 0.333. The number of nitrogens with two attached hydrogens (primary N) is 1. The number of ether oxygens (including phenoxy) is 2. The Labute approximate surface area is 271 Å². The number of anilines is 1. The van der Waals surface area contributed by atoms with Crippen LogP contribution in [0.1, 0.15) is 73.7 Å². The molecule has 2 amide bonds. The molecule has 4 N–H and O–H groups in total. The van der Waals surface area contributed by atoms with Crippen molar-refractivity contribution >= 4 is 34.8 Å². The van der Waals surface area contributed by atoms with E-state index >= 15 is 0 Å². The summed E-state index contributed by atoms with van der Waals surface area (Å²) in [6.45, 7) is 2.78. The summed E-state index contributed by atoms with van der Waals surface area (Å²) in [7, 11) is 1.27. The van der Waals surface area contributed by atoms with E-state index in [9.17, 15) is 14.4 Å². The van der Waals surface area contributed by atoms with Gasteiger partial charge in [0.15, 0.2) is 5.69 Å². The molecule has 236 valence electrons. The highest BCUT2D eigenvalue weighted by atomic mass is 32.1. The summed E-state index contributed by atoms with van der Waals surface area (Å²) >= 11 is 1.59. The van der Waals surface area contributed by atoms with Gasteiger partial charge in [0.2, 0.25) is 0 Å². The number of amides is 2. The van der Waals surface area contributed by atoms with Gasteiger partial charge in [0, 0.05) is 51.8 Å². The lowest BCUT2D eigenvalue weighted by Gasteiger charge is -2.23. The topological polar surface area (TPSA) is 133 Å². The predicted molar refractivity (Wildman–Crippen MR) is 177 cm³/mol. The molecule has 3 heterocycles. The number of aromatic nitrogens is 1. The van der Waals surface area contributed by atoms with Crippen molar-refractivity contribution in [3.8, 4) is 27.3 Å². The predicted octanol–water partition coefficient (Wildman–Crippen LogP) is 6.14. The highest BCUT2D eigenvalue weighted by Crippen LogP contribution is 2.45. The van der Waals surface area contributed by atoms with E-state index in [0.29, 0.717) is 53.1 Å². The van der Waals surface area contributed by atoms with Crippen LogP contribution in [0.25, 0.3) is 21.6 Å². The number of hydrogen-bond donors (Lipinski definition) is 3. The maximum atomic E-state index is 14.1. The van der Waals surface area contributed by atoms with Crippen LogP contribution in [0, 0.1) is 18.8 Å². The van der Waals surface area contributed by atoms with E-state index in [1.807, 2.05) is 36.6 Å². The van der Waals surface area contributed by atoms with E-state index in [1.165, 1.54) is 13.5 Å². The third-order valence-electron chi connectivity index (χ3n) is 9.61. The fourth-order valence-electron chi connectivity index (χ4n) is 7.23. The minimum atomic E-state index is -0.708. The van der Waals surface area contributed by atoms with Crippen molar-refractivity contribution in [1.29, 1.82) is 0 Å². The number of aryl methyl sites for hydroxylation is 1. The van der Waals surface area contributed by atoms with Gasteiger partial charge < -0.3 is 25.8 Å². The van der Waals surface area contributed by atoms with Gasteiger partial charge in [-0.25, -0.2) is 9.78 Å². The number of rotatable bonds is 7. The van der Waals surface area contributed by atoms with Crippen molar-refractivity contribution in [2.24, 2.45) is 17.6 Å². The first kappa shape index (κ1) is 30.1. The van der Waals surface area contributed by atoms with Gasteiger partial charge in [-0.3, -0.25) is 9.59 Å². The number of nitrogens with one attached hydrogen (secondary N) is 2. The smallest absolute Gasteiger partial charge is 0.357 e. The monoisotopic (exact) mass is 636 g/mol. The average molecular weight is 637 g/mol. The highest BCUT2D eigenvalue weighted by molar-refractivity contribution is 7.13. The molecule has 7 rings (SSSR count). The van der Waals surface area contributed by atoms with Gasteiger partial charge in [0.25, 0.3) is 11.8 Å². The van der Waals surface area contributed by atoms with Crippen LogP contribution < -0.4 is 21.1 Å². The van der Waals surface area contributed by atoms with Crippen molar-refractivity contribution in [3.05, 3.63) is 87.6 Å². The summed E-state index contributed by atoms with van der Waals surface area (Å²) in [6, 6.07) is 14.7. The van der Waals surface area contributed by atoms with Gasteiger partial charge in [-0.2, -0.15) is 0 Å². The molecule has 0 unspecified atom stereocenters. The molecule has 46 heavy (non-hydrogen) atoms. The van der Waals surface area contributed by atoms with E-state index in [0.717, 1.165) is 52.8 Å². The Morgan fingerprint density at radius 3 is 2.63 bits per heavy atom. The lowest BCUT2D eigenvalue weighted by atomic mass is 9.93. The van der Waals surface area contributed by atoms with Gasteiger partial charge >= 0.3 is 5.97 Å². The SMILES string of the molecule is COC(=O)c1nc(C(=O)N[C@@H]2C[C@@H]3CC[C@H]2C3)ccc1-c1cc2c(cc1C(=O)Nc1ccc(CN)cc1C)-c1sccc1CCO2. The van der Waals surface area contributed by atoms with Crippen molar-refractivity contribution < 1.29 is 23.9 Å². The molecule has 3 aliphatic rings. The zero-order valence-electron chi connectivity index (χ0n) is 25.9. The van der Waals surface area contributed by atoms with E-state index in [4.69, 9.17) is 15.2 Å². The number of methoxy groups -OCH3 is 1. The first-order valence-electron chi connectivity index (χ1n) is 15.7. The van der Waals surface area contributed by atoms with Crippen LogP contribution in [0.5, 0.6) is 5.75 Å². The van der Waals surface area contributed by atoms with Gasteiger partial charge in [-0.1, -0.05) is 18.6 Å². The van der Waals surface area contributed by atoms with Crippen molar-refractivity contribution in [2.45, 2.75) is 51.6 Å². The Balaban J connectivity index is 1.32. The Morgan fingerprint density at radius 2 is 1.89 bits per heavy atom. The normalized spacial score (nSPS) is 19.4. The second kappa shape index (κ2) is 12.3. The van der Waals surface area contributed by atoms with Crippen molar-refractivity contribution in [1.82, 2.24) is 10.3 Å². The summed E-state index contributed by atoms with van der Waals surface area (Å²) in [5, 5.41) is 8.24. The molecule has 2 aromatic carbocycles. The zero-order chi connectivity index (χ0) is 31.9. The second-order valence-electron chi connectivity index (χ2n) is 12.4. The van der Waals surface area contributed by atoms with Crippen molar-refractivity contribution in [2.75, 3.05) is 19.0 Å². The third kappa shape index (κ3) is 5.56. The van der Waals surface area contributed by atoms with Crippen LogP contribution in [0.4, 0.5) is 5.69 Å². The molecule has 10 heteroatoms. The molecule has 4 aromatic rings. The van der Waals surface area contributed by atoms with Crippen LogP contribution in [0.3, 0.4) is 0 Å². The largest absolute Gasteiger partial charge is 0.493 e. The number of nitrogens with zero attached hydrogens (tertiary/aromatic N) is 1. The van der Waals surface area contributed by atoms with Crippen LogP contribution in [-0.2, 0) is 17.7 Å². The molecule has 0 radical (unpaired) electrons. The summed E-state index contributed by atoms with van der Waals surface area (Å²) in [5.41, 5.74) is 11.5. The van der Waals surface area contributed by atoms with E-state index < -0.39 is 5.97 Å². The molecule has 3 atom stereocenters. The number of benzene rings is 2. The quantitative estimate of drug-likeness (QED) is 0.208. The van der Waals surface area contributed by atoms with Crippen LogP contribution in [0.15, 0.2) is 53.9 Å². The lowest BCUT2D eigenvalue weighted by Crippen LogP contribution is -2.39. The third-order valence-corrected chi connectivity index (χ3v) is 10.6. The van der Waals surface area contributed by atoms with Crippen LogP contribution >= 0.6 is 11.3 Å². The molecule has 0 saturated heterocycles. The van der Waals surface area contributed by atoms with E-state index in [2.05, 4.69) is 21.7 Å². The standard InChI is InChI=1S/C36H36N4O5S/c1-19-13-21(18-37)4-7-28(19)39-34(41)26-16-27-31(45-11-9-22-10-12-46-33(22)27)17-25(26)24-6-8-29(38-32(24)36(43)44-2)35(42)40-30-15-20-3-5-23(30)14-20/h4,6-8,10,12-13,16-17,20,23,30H,3,5,9,11,14-15,18,37H2,1-2H3,(H,39,41)(H,40,42)/t20-,23+,30-/m1/s1. The minimum Gasteiger partial charge on any atom is -0.493 e. The maximum Gasteiger partial charge on any atom is 0.357 e. The fourth-order valence-corrected chi connectivity index (χ4v) is 8.21. The first-order chi connectivity index (χ1) is 22.3. The van der Waals surface area contributed by atoms with Gasteiger partial charge in [-0.05, 0) is 96.5 Å². The average Bonchev–Trinajstić information content (AvgIpc) is 3.80. The van der Waals surface area contributed by atoms with Gasteiger partial charge in [0.05, 0.1) is 13.7 Å². The Kier molecular flexibility index (Phi) is 8.08. The highest BCUT2D eigenvalue weighted by Gasteiger charge is 2.40. The van der Waals surface area contributed by atoms with Crippen LogP contribution in [0.2, 0.25) is 0 Å². The Bertz CT molecular complexity index is 1870. The molecular weight excluding hydrogens is 600 g/mol. The number of esters is 1. The number of carbonyl (C=O) groups excluding carboxylic acids is 3. The number of fused-ring (bicyclic) bond motifs is 5. The Morgan fingerprint density at radius 1 is 1.02 bits per heavy atom.